The lowest BCUT2D eigenvalue weighted by Crippen LogP contribution is -2.04. The van der Waals surface area contributed by atoms with Gasteiger partial charge in [0.25, 0.3) is 0 Å². The van der Waals surface area contributed by atoms with Gasteiger partial charge in [0, 0.05) is 0 Å². The summed E-state index contributed by atoms with van der Waals surface area (Å²) in [5, 5.41) is 2.26. The van der Waals surface area contributed by atoms with Gasteiger partial charge in [0.1, 0.15) is 6.21 Å². The van der Waals surface area contributed by atoms with E-state index >= 15 is 0 Å². The van der Waals surface area contributed by atoms with Gasteiger partial charge in [-0.05, 0) is 29.8 Å². The highest BCUT2D eigenvalue weighted by molar-refractivity contribution is 6.23. The molecule has 0 saturated heterocycles. The Kier molecular flexibility index (Phi) is 3.50. The molecule has 0 spiro atoms. The van der Waals surface area contributed by atoms with Crippen LogP contribution in [0.15, 0.2) is 47.5 Å². The molecular weight excluding hydrogens is 214 g/mol. The maximum atomic E-state index is 11.1. The van der Waals surface area contributed by atoms with E-state index in [9.17, 15) is 4.79 Å². The van der Waals surface area contributed by atoms with E-state index < -0.39 is 5.97 Å². The van der Waals surface area contributed by atoms with Crippen LogP contribution < -0.4 is 0 Å². The van der Waals surface area contributed by atoms with E-state index in [4.69, 9.17) is 4.74 Å². The molecule has 0 aliphatic rings. The predicted octanol–water partition coefficient (Wildman–Crippen LogP) is 3.11. The van der Waals surface area contributed by atoms with E-state index in [1.54, 1.807) is 6.92 Å². The van der Waals surface area contributed by atoms with Crippen LogP contribution in [0.2, 0.25) is 0 Å². The van der Waals surface area contributed by atoms with Crippen molar-refractivity contribution in [3.05, 3.63) is 42.5 Å². The Morgan fingerprint density at radius 2 is 2.00 bits per heavy atom. The van der Waals surface area contributed by atoms with Crippen LogP contribution in [0, 0.1) is 0 Å². The van der Waals surface area contributed by atoms with Crippen molar-refractivity contribution in [3.8, 4) is 0 Å². The molecule has 0 N–H and O–H groups in total. The van der Waals surface area contributed by atoms with Crippen LogP contribution in [0.4, 0.5) is 5.69 Å². The van der Waals surface area contributed by atoms with Crippen LogP contribution in [0.3, 0.4) is 0 Å². The Balaban J connectivity index is 2.22. The van der Waals surface area contributed by atoms with E-state index in [-0.39, 0.29) is 0 Å². The Morgan fingerprint density at radius 1 is 1.24 bits per heavy atom. The first kappa shape index (κ1) is 11.3. The first-order chi connectivity index (χ1) is 8.29. The molecule has 0 radical (unpaired) electrons. The van der Waals surface area contributed by atoms with E-state index in [1.807, 2.05) is 42.5 Å². The zero-order valence-electron chi connectivity index (χ0n) is 9.59. The van der Waals surface area contributed by atoms with Crippen molar-refractivity contribution in [3.63, 3.8) is 0 Å². The SMILES string of the molecule is CCOC(=O)C=Nc1ccc2ccccc2c1. The van der Waals surface area contributed by atoms with Gasteiger partial charge < -0.3 is 4.74 Å². The van der Waals surface area contributed by atoms with E-state index in [0.717, 1.165) is 16.5 Å². The molecule has 2 aromatic carbocycles. The summed E-state index contributed by atoms with van der Waals surface area (Å²) in [7, 11) is 0. The van der Waals surface area contributed by atoms with Gasteiger partial charge >= 0.3 is 5.97 Å². The predicted molar refractivity (Wildman–Crippen MR) is 68.7 cm³/mol. The van der Waals surface area contributed by atoms with Crippen LogP contribution in [0.25, 0.3) is 10.8 Å². The Labute approximate surface area is 99.7 Å². The number of benzene rings is 2. The highest BCUT2D eigenvalue weighted by Gasteiger charge is 1.96. The fourth-order valence-electron chi connectivity index (χ4n) is 1.56. The molecule has 0 aliphatic heterocycles. The maximum Gasteiger partial charge on any atom is 0.349 e. The van der Waals surface area contributed by atoms with Gasteiger partial charge in [-0.1, -0.05) is 30.3 Å². The molecule has 3 heteroatoms. The minimum absolute atomic E-state index is 0.364. The molecule has 0 saturated carbocycles. The molecule has 0 bridgehead atoms. The van der Waals surface area contributed by atoms with Crippen LogP contribution >= 0.6 is 0 Å². The molecule has 2 rings (SSSR count). The van der Waals surface area contributed by atoms with Crippen molar-refractivity contribution in [1.29, 1.82) is 0 Å². The maximum absolute atomic E-state index is 11.1. The second-order valence-electron chi connectivity index (χ2n) is 3.54. The molecule has 0 aromatic heterocycles. The molecule has 86 valence electrons. The summed E-state index contributed by atoms with van der Waals surface area (Å²) in [5.41, 5.74) is 0.747. The molecule has 2 aromatic rings. The van der Waals surface area contributed by atoms with E-state index in [1.165, 1.54) is 6.21 Å². The zero-order valence-corrected chi connectivity index (χ0v) is 9.59. The standard InChI is InChI=1S/C14H13NO2/c1-2-17-14(16)10-15-13-8-7-11-5-3-4-6-12(11)9-13/h3-10H,2H2,1H3. The average Bonchev–Trinajstić information content (AvgIpc) is 2.36. The first-order valence-electron chi connectivity index (χ1n) is 5.49. The number of carbonyl (C=O) groups is 1. The third-order valence-corrected chi connectivity index (χ3v) is 2.34. The Hall–Kier alpha value is -2.16. The molecule has 17 heavy (non-hydrogen) atoms. The number of hydrogen-bond donors (Lipinski definition) is 0. The third-order valence-electron chi connectivity index (χ3n) is 2.34. The normalized spacial score (nSPS) is 10.9. The summed E-state index contributed by atoms with van der Waals surface area (Å²) < 4.78 is 4.76. The summed E-state index contributed by atoms with van der Waals surface area (Å²) in [5.74, 6) is -0.416. The van der Waals surface area contributed by atoms with Crippen molar-refractivity contribution in [2.24, 2.45) is 4.99 Å². The fraction of sp³-hybridized carbons (Fsp3) is 0.143. The fourth-order valence-corrected chi connectivity index (χ4v) is 1.56. The van der Waals surface area contributed by atoms with Crippen molar-refractivity contribution < 1.29 is 9.53 Å². The molecule has 0 unspecified atom stereocenters. The number of carbonyl (C=O) groups excluding carboxylic acids is 1. The number of nitrogens with zero attached hydrogens (tertiary/aromatic N) is 1. The molecule has 3 nitrogen and oxygen atoms in total. The second kappa shape index (κ2) is 5.25. The van der Waals surface area contributed by atoms with E-state index in [2.05, 4.69) is 4.99 Å². The molecule has 0 heterocycles. The van der Waals surface area contributed by atoms with Gasteiger partial charge in [0.15, 0.2) is 0 Å². The number of rotatable bonds is 3. The quantitative estimate of drug-likeness (QED) is 0.597. The van der Waals surface area contributed by atoms with Gasteiger partial charge in [-0.2, -0.15) is 0 Å². The Bertz CT molecular complexity index is 561. The number of fused-ring (bicyclic) bond motifs is 1. The van der Waals surface area contributed by atoms with Gasteiger partial charge in [-0.15, -0.1) is 0 Å². The topological polar surface area (TPSA) is 38.7 Å². The lowest BCUT2D eigenvalue weighted by molar-refractivity contribution is -0.134. The molecule has 0 amide bonds. The lowest BCUT2D eigenvalue weighted by Gasteiger charge is -1.99. The minimum Gasteiger partial charge on any atom is -0.462 e. The summed E-state index contributed by atoms with van der Waals surface area (Å²) >= 11 is 0. The largest absolute Gasteiger partial charge is 0.462 e. The highest BCUT2D eigenvalue weighted by atomic mass is 16.5. The smallest absolute Gasteiger partial charge is 0.349 e. The summed E-state index contributed by atoms with van der Waals surface area (Å²) in [4.78, 5) is 15.2. The molecule has 0 aliphatic carbocycles. The van der Waals surface area contributed by atoms with Crippen LogP contribution in [0.1, 0.15) is 6.92 Å². The van der Waals surface area contributed by atoms with Crippen LogP contribution in [0.5, 0.6) is 0 Å². The van der Waals surface area contributed by atoms with Crippen LogP contribution in [-0.4, -0.2) is 18.8 Å². The third kappa shape index (κ3) is 2.91. The number of aliphatic imine (C=N–C) groups is 1. The average molecular weight is 227 g/mol. The summed E-state index contributed by atoms with van der Waals surface area (Å²) in [6, 6.07) is 13.8. The van der Waals surface area contributed by atoms with Crippen molar-refractivity contribution in [2.75, 3.05) is 6.61 Å². The van der Waals surface area contributed by atoms with Crippen molar-refractivity contribution >= 4 is 28.6 Å². The zero-order chi connectivity index (χ0) is 12.1. The second-order valence-corrected chi connectivity index (χ2v) is 3.54. The van der Waals surface area contributed by atoms with Gasteiger partial charge in [-0.25, -0.2) is 9.79 Å². The highest BCUT2D eigenvalue weighted by Crippen LogP contribution is 2.20. The number of esters is 1. The van der Waals surface area contributed by atoms with Crippen molar-refractivity contribution in [1.82, 2.24) is 0 Å². The molecule has 0 fully saturated rings. The monoisotopic (exact) mass is 227 g/mol. The minimum atomic E-state index is -0.416. The molecule has 0 atom stereocenters. The van der Waals surface area contributed by atoms with Gasteiger partial charge in [0.05, 0.1) is 12.3 Å². The molecular formula is C14H13NO2. The van der Waals surface area contributed by atoms with Gasteiger partial charge in [0.2, 0.25) is 0 Å². The Morgan fingerprint density at radius 3 is 2.76 bits per heavy atom. The summed E-state index contributed by atoms with van der Waals surface area (Å²) in [6.07, 6.45) is 1.20. The van der Waals surface area contributed by atoms with Crippen LogP contribution in [-0.2, 0) is 9.53 Å². The number of hydrogen-bond acceptors (Lipinski definition) is 3. The van der Waals surface area contributed by atoms with E-state index in [0.29, 0.717) is 6.61 Å². The first-order valence-corrected chi connectivity index (χ1v) is 5.49. The van der Waals surface area contributed by atoms with Crippen molar-refractivity contribution in [2.45, 2.75) is 6.92 Å². The summed E-state index contributed by atoms with van der Waals surface area (Å²) in [6.45, 7) is 2.13. The lowest BCUT2D eigenvalue weighted by atomic mass is 10.1. The van der Waals surface area contributed by atoms with Gasteiger partial charge in [-0.3, -0.25) is 0 Å². The number of ether oxygens (including phenoxy) is 1.